The molecule has 1 aliphatic rings. The Morgan fingerprint density at radius 3 is 2.70 bits per heavy atom. The minimum Gasteiger partial charge on any atom is -0.480 e. The molecule has 1 aliphatic heterocycles. The summed E-state index contributed by atoms with van der Waals surface area (Å²) < 4.78 is 0. The molecule has 0 aliphatic carbocycles. The van der Waals surface area contributed by atoms with Gasteiger partial charge in [0.1, 0.15) is 6.04 Å². The Labute approximate surface area is 118 Å². The maximum atomic E-state index is 11.3. The van der Waals surface area contributed by atoms with Crippen LogP contribution in [0.4, 0.5) is 0 Å². The standard InChI is InChI=1S/C14H22N2O4/c1-3-5-10-8-12(14(19)20)16-13(10)11(6-4-7-17)15-9(2)18/h3-6,10-13,16-17H,7-8H2,1-2H3,(H,15,18)(H,19,20)/b5-3-,6-4-/t10-,11+,12-,13?/m1/s1. The highest BCUT2D eigenvalue weighted by Crippen LogP contribution is 2.25. The quantitative estimate of drug-likeness (QED) is 0.516. The molecule has 0 saturated carbocycles. The Hall–Kier alpha value is -1.66. The molecule has 4 atom stereocenters. The van der Waals surface area contributed by atoms with Crippen molar-refractivity contribution in [3.8, 4) is 0 Å². The van der Waals surface area contributed by atoms with Crippen molar-refractivity contribution in [1.29, 1.82) is 0 Å². The minimum atomic E-state index is -0.894. The van der Waals surface area contributed by atoms with Gasteiger partial charge in [0, 0.05) is 13.0 Å². The van der Waals surface area contributed by atoms with Crippen molar-refractivity contribution in [2.75, 3.05) is 6.61 Å². The van der Waals surface area contributed by atoms with Gasteiger partial charge in [0.2, 0.25) is 5.91 Å². The second-order valence-corrected chi connectivity index (χ2v) is 4.85. The lowest BCUT2D eigenvalue weighted by molar-refractivity contribution is -0.139. The minimum absolute atomic E-state index is 0.0151. The van der Waals surface area contributed by atoms with Gasteiger partial charge in [0.05, 0.1) is 12.6 Å². The molecule has 1 fully saturated rings. The monoisotopic (exact) mass is 282 g/mol. The first-order valence-electron chi connectivity index (χ1n) is 6.65. The number of rotatable bonds is 6. The number of carbonyl (C=O) groups excluding carboxylic acids is 1. The van der Waals surface area contributed by atoms with E-state index < -0.39 is 12.0 Å². The van der Waals surface area contributed by atoms with Crippen molar-refractivity contribution < 1.29 is 19.8 Å². The van der Waals surface area contributed by atoms with Gasteiger partial charge in [-0.2, -0.15) is 0 Å². The van der Waals surface area contributed by atoms with Crippen LogP contribution in [0, 0.1) is 5.92 Å². The Kier molecular flexibility index (Phi) is 6.41. The Morgan fingerprint density at radius 2 is 2.20 bits per heavy atom. The van der Waals surface area contributed by atoms with E-state index in [0.717, 1.165) is 0 Å². The summed E-state index contributed by atoms with van der Waals surface area (Å²) in [6, 6.07) is -1.19. The molecular formula is C14H22N2O4. The normalized spacial score (nSPS) is 28.1. The zero-order valence-electron chi connectivity index (χ0n) is 11.7. The highest BCUT2D eigenvalue weighted by molar-refractivity contribution is 5.75. The molecule has 6 heteroatoms. The van der Waals surface area contributed by atoms with Gasteiger partial charge in [-0.1, -0.05) is 24.3 Å². The number of hydrogen-bond donors (Lipinski definition) is 4. The number of aliphatic hydroxyl groups excluding tert-OH is 1. The maximum absolute atomic E-state index is 11.3. The van der Waals surface area contributed by atoms with Gasteiger partial charge in [0.15, 0.2) is 0 Å². The Morgan fingerprint density at radius 1 is 1.50 bits per heavy atom. The van der Waals surface area contributed by atoms with E-state index in [1.165, 1.54) is 6.92 Å². The third-order valence-electron chi connectivity index (χ3n) is 3.31. The molecule has 0 radical (unpaired) electrons. The van der Waals surface area contributed by atoms with Gasteiger partial charge < -0.3 is 15.5 Å². The van der Waals surface area contributed by atoms with E-state index in [2.05, 4.69) is 10.6 Å². The molecule has 0 spiro atoms. The van der Waals surface area contributed by atoms with E-state index in [1.807, 2.05) is 19.1 Å². The number of amides is 1. The predicted octanol–water partition coefficient (Wildman–Crippen LogP) is 0.0470. The van der Waals surface area contributed by atoms with E-state index in [0.29, 0.717) is 6.42 Å². The second kappa shape index (κ2) is 7.81. The lowest BCUT2D eigenvalue weighted by atomic mass is 9.92. The number of nitrogens with one attached hydrogen (secondary N) is 2. The molecule has 20 heavy (non-hydrogen) atoms. The smallest absolute Gasteiger partial charge is 0.320 e. The van der Waals surface area contributed by atoms with Gasteiger partial charge in [-0.25, -0.2) is 0 Å². The topological polar surface area (TPSA) is 98.7 Å². The third-order valence-corrected chi connectivity index (χ3v) is 3.31. The van der Waals surface area contributed by atoms with Crippen molar-refractivity contribution in [1.82, 2.24) is 10.6 Å². The molecule has 0 bridgehead atoms. The van der Waals surface area contributed by atoms with E-state index in [-0.39, 0.29) is 30.5 Å². The van der Waals surface area contributed by atoms with E-state index in [4.69, 9.17) is 10.2 Å². The van der Waals surface area contributed by atoms with Crippen molar-refractivity contribution in [3.05, 3.63) is 24.3 Å². The number of aliphatic hydroxyl groups is 1. The molecular weight excluding hydrogens is 260 g/mol. The highest BCUT2D eigenvalue weighted by atomic mass is 16.4. The molecule has 112 valence electrons. The lowest BCUT2D eigenvalue weighted by Crippen LogP contribution is -2.50. The Balaban J connectivity index is 2.92. The fourth-order valence-corrected chi connectivity index (χ4v) is 2.53. The molecule has 1 unspecified atom stereocenters. The van der Waals surface area contributed by atoms with Crippen molar-refractivity contribution in [2.45, 2.75) is 38.4 Å². The molecule has 1 saturated heterocycles. The van der Waals surface area contributed by atoms with Crippen LogP contribution in [0.1, 0.15) is 20.3 Å². The number of aliphatic carboxylic acids is 1. The Bertz CT molecular complexity index is 406. The first kappa shape index (κ1) is 16.4. The molecule has 0 aromatic rings. The number of carboxylic acid groups (broad SMARTS) is 1. The zero-order chi connectivity index (χ0) is 15.1. The van der Waals surface area contributed by atoms with Crippen LogP contribution in [0.2, 0.25) is 0 Å². The summed E-state index contributed by atoms with van der Waals surface area (Å²) in [4.78, 5) is 22.4. The van der Waals surface area contributed by atoms with Crippen LogP contribution in [0.15, 0.2) is 24.3 Å². The summed E-state index contributed by atoms with van der Waals surface area (Å²) in [7, 11) is 0. The van der Waals surface area contributed by atoms with Crippen LogP contribution in [-0.2, 0) is 9.59 Å². The van der Waals surface area contributed by atoms with Crippen LogP contribution >= 0.6 is 0 Å². The summed E-state index contributed by atoms with van der Waals surface area (Å²) in [5.74, 6) is -1.08. The predicted molar refractivity (Wildman–Crippen MR) is 75.1 cm³/mol. The zero-order valence-corrected chi connectivity index (χ0v) is 11.7. The largest absolute Gasteiger partial charge is 0.480 e. The average Bonchev–Trinajstić information content (AvgIpc) is 2.79. The van der Waals surface area contributed by atoms with Gasteiger partial charge in [-0.15, -0.1) is 0 Å². The van der Waals surface area contributed by atoms with E-state index in [9.17, 15) is 9.59 Å². The van der Waals surface area contributed by atoms with Crippen molar-refractivity contribution in [2.24, 2.45) is 5.92 Å². The van der Waals surface area contributed by atoms with Crippen molar-refractivity contribution >= 4 is 11.9 Å². The number of carboxylic acids is 1. The van der Waals surface area contributed by atoms with Gasteiger partial charge in [-0.05, 0) is 19.3 Å². The summed E-state index contributed by atoms with van der Waals surface area (Å²) in [6.45, 7) is 3.16. The summed E-state index contributed by atoms with van der Waals surface area (Å²) in [5.41, 5.74) is 0. The second-order valence-electron chi connectivity index (χ2n) is 4.85. The third kappa shape index (κ3) is 4.47. The van der Waals surface area contributed by atoms with Gasteiger partial charge in [-0.3, -0.25) is 14.9 Å². The molecule has 1 rings (SSSR count). The number of hydrogen-bond acceptors (Lipinski definition) is 4. The highest BCUT2D eigenvalue weighted by Gasteiger charge is 2.39. The van der Waals surface area contributed by atoms with Crippen LogP contribution < -0.4 is 10.6 Å². The van der Waals surface area contributed by atoms with Gasteiger partial charge >= 0.3 is 5.97 Å². The summed E-state index contributed by atoms with van der Waals surface area (Å²) in [5, 5.41) is 23.8. The fraction of sp³-hybridized carbons (Fsp3) is 0.571. The molecule has 4 N–H and O–H groups in total. The molecule has 0 aromatic heterocycles. The molecule has 6 nitrogen and oxygen atoms in total. The van der Waals surface area contributed by atoms with Crippen LogP contribution in [0.25, 0.3) is 0 Å². The van der Waals surface area contributed by atoms with Crippen LogP contribution in [0.5, 0.6) is 0 Å². The van der Waals surface area contributed by atoms with Crippen LogP contribution in [0.3, 0.4) is 0 Å². The average molecular weight is 282 g/mol. The SMILES string of the molecule is C/C=C\[C@@H]1C[C@H](C(=O)O)NC1[C@H](/C=C\CO)NC(C)=O. The molecule has 0 aromatic carbocycles. The van der Waals surface area contributed by atoms with Gasteiger partial charge in [0.25, 0.3) is 0 Å². The summed E-state index contributed by atoms with van der Waals surface area (Å²) in [6.07, 6.45) is 7.54. The lowest BCUT2D eigenvalue weighted by Gasteiger charge is -2.25. The number of carbonyl (C=O) groups is 2. The number of allylic oxidation sites excluding steroid dienone is 1. The van der Waals surface area contributed by atoms with Crippen molar-refractivity contribution in [3.63, 3.8) is 0 Å². The molecule has 1 amide bonds. The molecule has 1 heterocycles. The summed E-state index contributed by atoms with van der Waals surface area (Å²) >= 11 is 0. The van der Waals surface area contributed by atoms with Crippen LogP contribution in [-0.4, -0.2) is 46.8 Å². The first-order valence-corrected chi connectivity index (χ1v) is 6.65. The van der Waals surface area contributed by atoms with E-state index in [1.54, 1.807) is 12.2 Å². The fourth-order valence-electron chi connectivity index (χ4n) is 2.53. The maximum Gasteiger partial charge on any atom is 0.320 e. The van der Waals surface area contributed by atoms with E-state index >= 15 is 0 Å². The first-order chi connectivity index (χ1) is 9.49.